The van der Waals surface area contributed by atoms with Crippen LogP contribution in [0.4, 0.5) is 11.4 Å². The van der Waals surface area contributed by atoms with Crippen LogP contribution in [0, 0.1) is 0 Å². The summed E-state index contributed by atoms with van der Waals surface area (Å²) < 4.78 is 9.49. The Morgan fingerprint density at radius 3 is 2.68 bits per heavy atom. The van der Waals surface area contributed by atoms with Crippen molar-refractivity contribution >= 4 is 17.3 Å². The first kappa shape index (κ1) is 15.3. The fraction of sp³-hybridized carbons (Fsp3) is 0.462. The molecule has 0 bridgehead atoms. The molecule has 0 aliphatic heterocycles. The number of benzene rings is 1. The Hall–Kier alpha value is -1.79. The topological polar surface area (TPSA) is 85.0 Å². The van der Waals surface area contributed by atoms with E-state index < -0.39 is 12.1 Å². The van der Waals surface area contributed by atoms with E-state index in [-0.39, 0.29) is 6.61 Å². The monoisotopic (exact) mass is 268 g/mol. The van der Waals surface area contributed by atoms with Gasteiger partial charge in [0.15, 0.2) is 0 Å². The zero-order valence-corrected chi connectivity index (χ0v) is 11.4. The van der Waals surface area contributed by atoms with Crippen molar-refractivity contribution in [1.82, 2.24) is 0 Å². The molecule has 106 valence electrons. The number of esters is 1. The van der Waals surface area contributed by atoms with Gasteiger partial charge in [-0.1, -0.05) is 0 Å². The van der Waals surface area contributed by atoms with Gasteiger partial charge in [-0.2, -0.15) is 0 Å². The highest BCUT2D eigenvalue weighted by atomic mass is 16.5. The Balaban J connectivity index is 2.81. The molecule has 1 rings (SSSR count). The van der Waals surface area contributed by atoms with E-state index in [9.17, 15) is 9.90 Å². The third-order valence-corrected chi connectivity index (χ3v) is 2.70. The summed E-state index contributed by atoms with van der Waals surface area (Å²) in [4.78, 5) is 13.2. The number of methoxy groups -OCH3 is 2. The summed E-state index contributed by atoms with van der Waals surface area (Å²) in [5.41, 5.74) is 7.49. The molecule has 0 radical (unpaired) electrons. The molecule has 6 heteroatoms. The molecule has 0 aromatic heterocycles. The van der Waals surface area contributed by atoms with Crippen LogP contribution in [0.15, 0.2) is 18.2 Å². The van der Waals surface area contributed by atoms with E-state index in [0.29, 0.717) is 17.8 Å². The number of aliphatic hydroxyl groups excluding tert-OH is 1. The van der Waals surface area contributed by atoms with Crippen LogP contribution in [-0.4, -0.2) is 51.6 Å². The Bertz CT molecular complexity index is 437. The standard InChI is InChI=1S/C13H20N2O4/c1-15(7-10(16)8-18-2)12-5-4-9(6-11(12)14)13(17)19-3/h4-6,10,16H,7-8,14H2,1-3H3. The number of likely N-dealkylation sites (N-methyl/N-ethyl adjacent to an activating group) is 1. The summed E-state index contributed by atoms with van der Waals surface area (Å²) >= 11 is 0. The second-order valence-electron chi connectivity index (χ2n) is 4.25. The number of hydrogen-bond acceptors (Lipinski definition) is 6. The lowest BCUT2D eigenvalue weighted by Gasteiger charge is -2.24. The minimum Gasteiger partial charge on any atom is -0.465 e. The Morgan fingerprint density at radius 2 is 2.16 bits per heavy atom. The minimum absolute atomic E-state index is 0.254. The van der Waals surface area contributed by atoms with Gasteiger partial charge in [0.2, 0.25) is 0 Å². The van der Waals surface area contributed by atoms with Gasteiger partial charge in [0.05, 0.1) is 36.8 Å². The molecule has 0 fully saturated rings. The minimum atomic E-state index is -0.602. The van der Waals surface area contributed by atoms with Crippen molar-refractivity contribution < 1.29 is 19.4 Å². The summed E-state index contributed by atoms with van der Waals surface area (Å²) in [6, 6.07) is 4.91. The first-order valence-corrected chi connectivity index (χ1v) is 5.85. The smallest absolute Gasteiger partial charge is 0.337 e. The first-order chi connectivity index (χ1) is 8.99. The molecule has 0 heterocycles. The molecule has 1 aromatic carbocycles. The van der Waals surface area contributed by atoms with E-state index in [1.807, 2.05) is 7.05 Å². The average Bonchev–Trinajstić information content (AvgIpc) is 2.37. The summed E-state index contributed by atoms with van der Waals surface area (Å²) in [5.74, 6) is -0.430. The van der Waals surface area contributed by atoms with Crippen LogP contribution in [-0.2, 0) is 9.47 Å². The van der Waals surface area contributed by atoms with E-state index in [2.05, 4.69) is 4.74 Å². The molecule has 0 saturated carbocycles. The van der Waals surface area contributed by atoms with Crippen LogP contribution in [0.25, 0.3) is 0 Å². The predicted octanol–water partition coefficient (Wildman–Crippen LogP) is 0.499. The van der Waals surface area contributed by atoms with Gasteiger partial charge in [-0.25, -0.2) is 4.79 Å². The van der Waals surface area contributed by atoms with Crippen molar-refractivity contribution in [2.75, 3.05) is 45.1 Å². The summed E-state index contributed by atoms with van der Waals surface area (Å²) in [6.45, 7) is 0.639. The number of carbonyl (C=O) groups excluding carboxylic acids is 1. The highest BCUT2D eigenvalue weighted by molar-refractivity contribution is 5.91. The zero-order chi connectivity index (χ0) is 14.4. The Labute approximate surface area is 112 Å². The third-order valence-electron chi connectivity index (χ3n) is 2.70. The van der Waals surface area contributed by atoms with Gasteiger partial charge in [0.25, 0.3) is 0 Å². The van der Waals surface area contributed by atoms with Gasteiger partial charge in [0, 0.05) is 20.7 Å². The molecule has 1 aromatic rings. The number of hydrogen-bond donors (Lipinski definition) is 2. The maximum Gasteiger partial charge on any atom is 0.337 e. The SMILES string of the molecule is COCC(O)CN(C)c1ccc(C(=O)OC)cc1N. The molecular formula is C13H20N2O4. The molecule has 0 aliphatic rings. The van der Waals surface area contributed by atoms with Gasteiger partial charge < -0.3 is 25.2 Å². The molecule has 0 aliphatic carbocycles. The molecular weight excluding hydrogens is 248 g/mol. The number of carbonyl (C=O) groups is 1. The van der Waals surface area contributed by atoms with E-state index >= 15 is 0 Å². The van der Waals surface area contributed by atoms with Crippen LogP contribution in [0.2, 0.25) is 0 Å². The highest BCUT2D eigenvalue weighted by Crippen LogP contribution is 2.23. The van der Waals surface area contributed by atoms with E-state index in [1.54, 1.807) is 23.1 Å². The molecule has 1 atom stereocenters. The molecule has 0 spiro atoms. The summed E-state index contributed by atoms with van der Waals surface area (Å²) in [6.07, 6.45) is -0.602. The van der Waals surface area contributed by atoms with Gasteiger partial charge in [-0.3, -0.25) is 0 Å². The third kappa shape index (κ3) is 4.11. The van der Waals surface area contributed by atoms with Gasteiger partial charge >= 0.3 is 5.97 Å². The number of rotatable bonds is 6. The maximum atomic E-state index is 11.4. The van der Waals surface area contributed by atoms with Gasteiger partial charge in [-0.15, -0.1) is 0 Å². The molecule has 19 heavy (non-hydrogen) atoms. The Morgan fingerprint density at radius 1 is 1.47 bits per heavy atom. The second kappa shape index (κ2) is 6.96. The van der Waals surface area contributed by atoms with Crippen molar-refractivity contribution in [3.05, 3.63) is 23.8 Å². The van der Waals surface area contributed by atoms with E-state index in [4.69, 9.17) is 10.5 Å². The summed E-state index contributed by atoms with van der Waals surface area (Å²) in [7, 11) is 4.66. The van der Waals surface area contributed by atoms with Crippen LogP contribution in [0.3, 0.4) is 0 Å². The number of aliphatic hydroxyl groups is 1. The van der Waals surface area contributed by atoms with E-state index in [1.165, 1.54) is 14.2 Å². The van der Waals surface area contributed by atoms with Crippen molar-refractivity contribution in [1.29, 1.82) is 0 Å². The largest absolute Gasteiger partial charge is 0.465 e. The van der Waals surface area contributed by atoms with Crippen molar-refractivity contribution in [2.24, 2.45) is 0 Å². The van der Waals surface area contributed by atoms with Gasteiger partial charge in [-0.05, 0) is 18.2 Å². The fourth-order valence-electron chi connectivity index (χ4n) is 1.81. The van der Waals surface area contributed by atoms with E-state index in [0.717, 1.165) is 5.69 Å². The lowest BCUT2D eigenvalue weighted by atomic mass is 10.1. The molecule has 1 unspecified atom stereocenters. The Kier molecular flexibility index (Phi) is 5.59. The number of ether oxygens (including phenoxy) is 2. The highest BCUT2D eigenvalue weighted by Gasteiger charge is 2.13. The predicted molar refractivity (Wildman–Crippen MR) is 73.3 cm³/mol. The molecule has 0 saturated heterocycles. The van der Waals surface area contributed by atoms with Crippen LogP contribution >= 0.6 is 0 Å². The van der Waals surface area contributed by atoms with Crippen LogP contribution in [0.5, 0.6) is 0 Å². The number of nitrogen functional groups attached to an aromatic ring is 1. The van der Waals surface area contributed by atoms with Gasteiger partial charge in [0.1, 0.15) is 0 Å². The lowest BCUT2D eigenvalue weighted by Crippen LogP contribution is -2.32. The van der Waals surface area contributed by atoms with Crippen molar-refractivity contribution in [2.45, 2.75) is 6.10 Å². The molecule has 0 amide bonds. The maximum absolute atomic E-state index is 11.4. The lowest BCUT2D eigenvalue weighted by molar-refractivity contribution is 0.0600. The molecule has 3 N–H and O–H groups in total. The zero-order valence-electron chi connectivity index (χ0n) is 11.4. The van der Waals surface area contributed by atoms with Crippen molar-refractivity contribution in [3.63, 3.8) is 0 Å². The second-order valence-corrected chi connectivity index (χ2v) is 4.25. The number of nitrogens with two attached hydrogens (primary N) is 1. The van der Waals surface area contributed by atoms with Crippen LogP contribution < -0.4 is 10.6 Å². The number of anilines is 2. The number of nitrogens with zero attached hydrogens (tertiary/aromatic N) is 1. The first-order valence-electron chi connectivity index (χ1n) is 5.85. The fourth-order valence-corrected chi connectivity index (χ4v) is 1.81. The quantitative estimate of drug-likeness (QED) is 0.577. The summed E-state index contributed by atoms with van der Waals surface area (Å²) in [5, 5.41) is 9.67. The van der Waals surface area contributed by atoms with Crippen molar-refractivity contribution in [3.8, 4) is 0 Å². The van der Waals surface area contributed by atoms with Crippen LogP contribution in [0.1, 0.15) is 10.4 Å². The molecule has 6 nitrogen and oxygen atoms in total. The average molecular weight is 268 g/mol. The normalized spacial score (nSPS) is 12.0.